The zero-order valence-electron chi connectivity index (χ0n) is 10.9. The van der Waals surface area contributed by atoms with Gasteiger partial charge < -0.3 is 11.1 Å². The van der Waals surface area contributed by atoms with Crippen LogP contribution in [0, 0.1) is 0 Å². The van der Waals surface area contributed by atoms with Crippen LogP contribution < -0.4 is 22.3 Å². The van der Waals surface area contributed by atoms with E-state index in [2.05, 4.69) is 5.32 Å². The number of nitrogens with zero attached hydrogens (tertiary/aromatic N) is 2. The fourth-order valence-corrected chi connectivity index (χ4v) is 1.88. The molecule has 0 atom stereocenters. The largest absolute Gasteiger partial charge is 0.383 e. The predicted octanol–water partition coefficient (Wildman–Crippen LogP) is 0.504. The molecule has 0 unspecified atom stereocenters. The highest BCUT2D eigenvalue weighted by atomic mass is 16.2. The summed E-state index contributed by atoms with van der Waals surface area (Å²) in [6.07, 6.45) is 3.94. The summed E-state index contributed by atoms with van der Waals surface area (Å²) in [6.45, 7) is 2.60. The van der Waals surface area contributed by atoms with Gasteiger partial charge in [-0.15, -0.1) is 0 Å². The van der Waals surface area contributed by atoms with E-state index in [1.807, 2.05) is 6.92 Å². The maximum atomic E-state index is 12.0. The average Bonchev–Trinajstić information content (AvgIpc) is 3.16. The van der Waals surface area contributed by atoms with Gasteiger partial charge in [0.2, 0.25) is 0 Å². The van der Waals surface area contributed by atoms with Gasteiger partial charge in [-0.25, -0.2) is 4.79 Å². The van der Waals surface area contributed by atoms with Crippen molar-refractivity contribution in [2.24, 2.45) is 7.05 Å². The maximum absolute atomic E-state index is 12.0. The summed E-state index contributed by atoms with van der Waals surface area (Å²) >= 11 is 0. The lowest BCUT2D eigenvalue weighted by Crippen LogP contribution is -2.41. The van der Waals surface area contributed by atoms with E-state index in [1.54, 1.807) is 0 Å². The molecular weight excluding hydrogens is 232 g/mol. The van der Waals surface area contributed by atoms with Gasteiger partial charge in [0.05, 0.1) is 0 Å². The molecule has 0 spiro atoms. The van der Waals surface area contributed by atoms with E-state index in [4.69, 9.17) is 5.73 Å². The highest BCUT2D eigenvalue weighted by Crippen LogP contribution is 2.25. The minimum atomic E-state index is -0.340. The van der Waals surface area contributed by atoms with Crippen molar-refractivity contribution < 1.29 is 0 Å². The number of anilines is 2. The molecule has 100 valence electrons. The van der Waals surface area contributed by atoms with Gasteiger partial charge in [-0.1, -0.05) is 13.3 Å². The third-order valence-electron chi connectivity index (χ3n) is 3.24. The van der Waals surface area contributed by atoms with Crippen LogP contribution in [0.3, 0.4) is 0 Å². The molecular formula is C12H20N4O2. The van der Waals surface area contributed by atoms with Crippen molar-refractivity contribution >= 4 is 11.5 Å². The van der Waals surface area contributed by atoms with Crippen molar-refractivity contribution in [2.75, 3.05) is 11.1 Å². The molecule has 6 heteroatoms. The Kier molecular flexibility index (Phi) is 3.45. The molecule has 1 aliphatic rings. The van der Waals surface area contributed by atoms with Gasteiger partial charge in [-0.2, -0.15) is 0 Å². The van der Waals surface area contributed by atoms with Crippen LogP contribution >= 0.6 is 0 Å². The first-order chi connectivity index (χ1) is 8.56. The van der Waals surface area contributed by atoms with Crippen LogP contribution in [0.15, 0.2) is 9.59 Å². The Bertz CT molecular complexity index is 554. The Balaban J connectivity index is 2.48. The number of nitrogen functional groups attached to an aromatic ring is 1. The van der Waals surface area contributed by atoms with E-state index in [9.17, 15) is 9.59 Å². The summed E-state index contributed by atoms with van der Waals surface area (Å²) in [5, 5.41) is 3.12. The van der Waals surface area contributed by atoms with Crippen molar-refractivity contribution in [3.8, 4) is 0 Å². The van der Waals surface area contributed by atoms with Crippen molar-refractivity contribution in [3.63, 3.8) is 0 Å². The average molecular weight is 252 g/mol. The van der Waals surface area contributed by atoms with Crippen LogP contribution in [0.2, 0.25) is 0 Å². The van der Waals surface area contributed by atoms with Gasteiger partial charge in [-0.05, 0) is 19.3 Å². The molecule has 0 amide bonds. The highest BCUT2D eigenvalue weighted by Gasteiger charge is 2.25. The van der Waals surface area contributed by atoms with Gasteiger partial charge in [0, 0.05) is 19.6 Å². The van der Waals surface area contributed by atoms with E-state index >= 15 is 0 Å². The van der Waals surface area contributed by atoms with Crippen LogP contribution in [0.4, 0.5) is 11.5 Å². The van der Waals surface area contributed by atoms with Gasteiger partial charge in [-0.3, -0.25) is 13.9 Å². The summed E-state index contributed by atoms with van der Waals surface area (Å²) in [6, 6.07) is 0.331. The number of unbranched alkanes of at least 4 members (excludes halogenated alkanes) is 1. The molecule has 1 aliphatic carbocycles. The third-order valence-corrected chi connectivity index (χ3v) is 3.24. The molecule has 0 bridgehead atoms. The zero-order chi connectivity index (χ0) is 13.3. The van der Waals surface area contributed by atoms with E-state index < -0.39 is 0 Å². The first-order valence-corrected chi connectivity index (χ1v) is 6.42. The molecule has 0 saturated heterocycles. The summed E-state index contributed by atoms with van der Waals surface area (Å²) < 4.78 is 2.60. The molecule has 1 heterocycles. The first-order valence-electron chi connectivity index (χ1n) is 6.42. The van der Waals surface area contributed by atoms with Crippen molar-refractivity contribution in [1.82, 2.24) is 9.13 Å². The Hall–Kier alpha value is -1.72. The molecule has 2 rings (SSSR count). The molecule has 0 aliphatic heterocycles. The highest BCUT2D eigenvalue weighted by molar-refractivity contribution is 5.61. The molecule has 18 heavy (non-hydrogen) atoms. The maximum Gasteiger partial charge on any atom is 0.332 e. The monoisotopic (exact) mass is 252 g/mol. The summed E-state index contributed by atoms with van der Waals surface area (Å²) in [5.74, 6) is 0.267. The topological polar surface area (TPSA) is 82.0 Å². The first kappa shape index (κ1) is 12.7. The van der Waals surface area contributed by atoms with Crippen molar-refractivity contribution in [3.05, 3.63) is 20.8 Å². The van der Waals surface area contributed by atoms with E-state index in [0.29, 0.717) is 18.3 Å². The zero-order valence-corrected chi connectivity index (χ0v) is 10.9. The fourth-order valence-electron chi connectivity index (χ4n) is 1.88. The number of rotatable bonds is 5. The molecule has 1 fully saturated rings. The Morgan fingerprint density at radius 1 is 1.39 bits per heavy atom. The molecule has 3 N–H and O–H groups in total. The molecule has 0 radical (unpaired) electrons. The summed E-state index contributed by atoms with van der Waals surface area (Å²) in [7, 11) is 1.49. The van der Waals surface area contributed by atoms with E-state index in [1.165, 1.54) is 11.6 Å². The number of nitrogens with two attached hydrogens (primary N) is 1. The van der Waals surface area contributed by atoms with Crippen LogP contribution in [0.5, 0.6) is 0 Å². The lowest BCUT2D eigenvalue weighted by Gasteiger charge is -2.15. The van der Waals surface area contributed by atoms with Crippen LogP contribution in [-0.4, -0.2) is 15.2 Å². The van der Waals surface area contributed by atoms with Gasteiger partial charge in [0.1, 0.15) is 11.5 Å². The Morgan fingerprint density at radius 2 is 2.06 bits per heavy atom. The standard InChI is InChI=1S/C12H20N4O2/c1-3-4-7-16-10(13)9(14-8-5-6-8)11(17)15(2)12(16)18/h8,14H,3-7,13H2,1-2H3. The van der Waals surface area contributed by atoms with Gasteiger partial charge in [0.25, 0.3) is 5.56 Å². The molecule has 1 saturated carbocycles. The van der Waals surface area contributed by atoms with Crippen molar-refractivity contribution in [1.29, 1.82) is 0 Å². The Morgan fingerprint density at radius 3 is 2.61 bits per heavy atom. The van der Waals surface area contributed by atoms with Gasteiger partial charge >= 0.3 is 5.69 Å². The van der Waals surface area contributed by atoms with Crippen LogP contribution in [0.1, 0.15) is 32.6 Å². The summed E-state index contributed by atoms with van der Waals surface area (Å²) in [5.41, 5.74) is 5.65. The lowest BCUT2D eigenvalue weighted by atomic mass is 10.3. The second kappa shape index (κ2) is 4.88. The minimum absolute atomic E-state index is 0.267. The van der Waals surface area contributed by atoms with E-state index in [-0.39, 0.29) is 17.1 Å². The van der Waals surface area contributed by atoms with Crippen molar-refractivity contribution in [2.45, 2.75) is 45.2 Å². The van der Waals surface area contributed by atoms with E-state index in [0.717, 1.165) is 30.3 Å². The molecule has 1 aromatic rings. The molecule has 0 aromatic carbocycles. The quantitative estimate of drug-likeness (QED) is 0.799. The summed E-state index contributed by atoms with van der Waals surface area (Å²) in [4.78, 5) is 24.0. The molecule has 6 nitrogen and oxygen atoms in total. The predicted molar refractivity (Wildman–Crippen MR) is 71.9 cm³/mol. The fraction of sp³-hybridized carbons (Fsp3) is 0.667. The molecule has 1 aromatic heterocycles. The minimum Gasteiger partial charge on any atom is -0.383 e. The van der Waals surface area contributed by atoms with Gasteiger partial charge in [0.15, 0.2) is 0 Å². The second-order valence-electron chi connectivity index (χ2n) is 4.83. The number of aromatic nitrogens is 2. The normalized spacial score (nSPS) is 14.8. The SMILES string of the molecule is CCCCn1c(N)c(NC2CC2)c(=O)n(C)c1=O. The number of hydrogen-bond donors (Lipinski definition) is 2. The van der Waals surface area contributed by atoms with Crippen LogP contribution in [-0.2, 0) is 13.6 Å². The lowest BCUT2D eigenvalue weighted by molar-refractivity contribution is 0.575. The number of nitrogens with one attached hydrogen (secondary N) is 1. The van der Waals surface area contributed by atoms with Crippen LogP contribution in [0.25, 0.3) is 0 Å². The Labute approximate surface area is 105 Å². The second-order valence-corrected chi connectivity index (χ2v) is 4.83. The smallest absolute Gasteiger partial charge is 0.332 e. The third kappa shape index (κ3) is 2.27. The number of hydrogen-bond acceptors (Lipinski definition) is 4.